The summed E-state index contributed by atoms with van der Waals surface area (Å²) in [5.74, 6) is 2.10. The smallest absolute Gasteiger partial charge is 0.246 e. The summed E-state index contributed by atoms with van der Waals surface area (Å²) in [6.07, 6.45) is 10.3. The van der Waals surface area contributed by atoms with E-state index in [0.717, 1.165) is 24.9 Å². The van der Waals surface area contributed by atoms with Crippen LogP contribution < -0.4 is 0 Å². The zero-order valence-electron chi connectivity index (χ0n) is 9.61. The fourth-order valence-electron chi connectivity index (χ4n) is 2.75. The highest BCUT2D eigenvalue weighted by Crippen LogP contribution is 2.38. The Morgan fingerprint density at radius 3 is 2.20 bits per heavy atom. The Bertz CT molecular complexity index is 247. The predicted octanol–water partition coefficient (Wildman–Crippen LogP) is 2.60. The molecule has 2 aliphatic rings. The van der Waals surface area contributed by atoms with Crippen molar-refractivity contribution in [2.45, 2.75) is 39.0 Å². The van der Waals surface area contributed by atoms with E-state index in [1.54, 1.807) is 6.08 Å². The summed E-state index contributed by atoms with van der Waals surface area (Å²) >= 11 is 0. The van der Waals surface area contributed by atoms with E-state index < -0.39 is 0 Å². The third kappa shape index (κ3) is 2.42. The highest BCUT2D eigenvalue weighted by atomic mass is 16.2. The average Bonchev–Trinajstić information content (AvgIpc) is 2.16. The molecule has 1 aliphatic heterocycles. The van der Waals surface area contributed by atoms with Crippen molar-refractivity contribution < 1.29 is 4.79 Å². The van der Waals surface area contributed by atoms with E-state index in [9.17, 15) is 4.79 Å². The van der Waals surface area contributed by atoms with Crippen LogP contribution in [0.15, 0.2) is 12.2 Å². The number of piperidine rings is 1. The van der Waals surface area contributed by atoms with Crippen molar-refractivity contribution in [1.82, 2.24) is 4.90 Å². The summed E-state index contributed by atoms with van der Waals surface area (Å²) in [7, 11) is 0. The molecule has 0 unspecified atom stereocenters. The number of amides is 1. The molecule has 1 saturated heterocycles. The van der Waals surface area contributed by atoms with Crippen LogP contribution in [0.1, 0.15) is 39.0 Å². The Balaban J connectivity index is 1.78. The molecule has 2 rings (SSSR count). The Labute approximate surface area is 92.3 Å². The van der Waals surface area contributed by atoms with Gasteiger partial charge < -0.3 is 4.90 Å². The van der Waals surface area contributed by atoms with Crippen LogP contribution in [0.25, 0.3) is 0 Å². The van der Waals surface area contributed by atoms with E-state index in [-0.39, 0.29) is 5.91 Å². The number of allylic oxidation sites excluding steroid dienone is 1. The third-order valence-electron chi connectivity index (χ3n) is 3.98. The first-order chi connectivity index (χ1) is 7.31. The van der Waals surface area contributed by atoms with E-state index in [2.05, 4.69) is 0 Å². The number of hydrogen-bond acceptors (Lipinski definition) is 1. The first-order valence-electron chi connectivity index (χ1n) is 6.23. The second-order valence-corrected chi connectivity index (χ2v) is 4.85. The van der Waals surface area contributed by atoms with Crippen molar-refractivity contribution in [3.05, 3.63) is 12.2 Å². The summed E-state index contributed by atoms with van der Waals surface area (Å²) in [5.41, 5.74) is 0. The first kappa shape index (κ1) is 10.7. The highest BCUT2D eigenvalue weighted by molar-refractivity contribution is 5.87. The van der Waals surface area contributed by atoms with Gasteiger partial charge in [-0.15, -0.1) is 0 Å². The van der Waals surface area contributed by atoms with Crippen LogP contribution in [-0.2, 0) is 4.79 Å². The van der Waals surface area contributed by atoms with Crippen LogP contribution >= 0.6 is 0 Å². The molecule has 1 aliphatic carbocycles. The summed E-state index contributed by atoms with van der Waals surface area (Å²) in [6.45, 7) is 3.85. The number of carbonyl (C=O) groups excluding carboxylic acids is 1. The largest absolute Gasteiger partial charge is 0.339 e. The molecule has 0 N–H and O–H groups in total. The molecule has 84 valence electrons. The fourth-order valence-corrected chi connectivity index (χ4v) is 2.75. The third-order valence-corrected chi connectivity index (χ3v) is 3.98. The molecule has 0 bridgehead atoms. The lowest BCUT2D eigenvalue weighted by atomic mass is 9.72. The van der Waals surface area contributed by atoms with Crippen LogP contribution in [0.5, 0.6) is 0 Å². The van der Waals surface area contributed by atoms with Crippen LogP contribution in [0.3, 0.4) is 0 Å². The summed E-state index contributed by atoms with van der Waals surface area (Å²) in [6, 6.07) is 0. The number of likely N-dealkylation sites (tertiary alicyclic amines) is 1. The number of rotatable bonds is 2. The van der Waals surface area contributed by atoms with E-state index in [1.807, 2.05) is 17.9 Å². The van der Waals surface area contributed by atoms with E-state index in [4.69, 9.17) is 0 Å². The SMILES string of the molecule is C/C=C/C(=O)N1CCC(C2CCC2)CC1. The van der Waals surface area contributed by atoms with Crippen molar-refractivity contribution in [1.29, 1.82) is 0 Å². The van der Waals surface area contributed by atoms with E-state index in [0.29, 0.717) is 0 Å². The second kappa shape index (κ2) is 4.82. The maximum atomic E-state index is 11.6. The quantitative estimate of drug-likeness (QED) is 0.637. The summed E-state index contributed by atoms with van der Waals surface area (Å²) in [4.78, 5) is 13.6. The van der Waals surface area contributed by atoms with Gasteiger partial charge in [-0.3, -0.25) is 4.79 Å². The van der Waals surface area contributed by atoms with Gasteiger partial charge in [0.25, 0.3) is 0 Å². The van der Waals surface area contributed by atoms with Gasteiger partial charge in [0.05, 0.1) is 0 Å². The molecule has 2 heteroatoms. The van der Waals surface area contributed by atoms with Gasteiger partial charge >= 0.3 is 0 Å². The predicted molar refractivity (Wildman–Crippen MR) is 61.5 cm³/mol. The van der Waals surface area contributed by atoms with E-state index in [1.165, 1.54) is 32.1 Å². The van der Waals surface area contributed by atoms with Crippen molar-refractivity contribution in [3.63, 3.8) is 0 Å². The lowest BCUT2D eigenvalue weighted by Crippen LogP contribution is -2.40. The van der Waals surface area contributed by atoms with Crippen molar-refractivity contribution in [2.24, 2.45) is 11.8 Å². The minimum absolute atomic E-state index is 0.199. The standard InChI is InChI=1S/C13H21NO/c1-2-4-13(15)14-9-7-12(8-10-14)11-5-3-6-11/h2,4,11-12H,3,5-10H2,1H3/b4-2+. The monoisotopic (exact) mass is 207 g/mol. The van der Waals surface area contributed by atoms with Gasteiger partial charge in [0.15, 0.2) is 0 Å². The lowest BCUT2D eigenvalue weighted by Gasteiger charge is -2.39. The Kier molecular flexibility index (Phi) is 3.45. The molecule has 1 amide bonds. The van der Waals surface area contributed by atoms with Gasteiger partial charge in [0.2, 0.25) is 5.91 Å². The molecule has 0 spiro atoms. The first-order valence-corrected chi connectivity index (χ1v) is 6.23. The molecule has 15 heavy (non-hydrogen) atoms. The van der Waals surface area contributed by atoms with Gasteiger partial charge in [-0.1, -0.05) is 25.3 Å². The summed E-state index contributed by atoms with van der Waals surface area (Å²) < 4.78 is 0. The second-order valence-electron chi connectivity index (χ2n) is 4.85. The number of nitrogens with zero attached hydrogens (tertiary/aromatic N) is 1. The average molecular weight is 207 g/mol. The molecule has 2 fully saturated rings. The molecule has 1 heterocycles. The maximum absolute atomic E-state index is 11.6. The van der Waals surface area contributed by atoms with E-state index >= 15 is 0 Å². The molecule has 0 aromatic rings. The zero-order valence-corrected chi connectivity index (χ0v) is 9.61. The number of hydrogen-bond donors (Lipinski definition) is 0. The van der Waals surface area contributed by atoms with Crippen molar-refractivity contribution in [3.8, 4) is 0 Å². The lowest BCUT2D eigenvalue weighted by molar-refractivity contribution is -0.127. The van der Waals surface area contributed by atoms with Crippen molar-refractivity contribution >= 4 is 5.91 Å². The van der Waals surface area contributed by atoms with Gasteiger partial charge in [-0.2, -0.15) is 0 Å². The molecule has 1 saturated carbocycles. The number of carbonyl (C=O) groups is 1. The van der Waals surface area contributed by atoms with Gasteiger partial charge in [0.1, 0.15) is 0 Å². The molecular formula is C13H21NO. The van der Waals surface area contributed by atoms with Gasteiger partial charge in [0, 0.05) is 13.1 Å². The van der Waals surface area contributed by atoms with Crippen LogP contribution in [0, 0.1) is 11.8 Å². The maximum Gasteiger partial charge on any atom is 0.246 e. The normalized spacial score (nSPS) is 24.5. The van der Waals surface area contributed by atoms with Crippen molar-refractivity contribution in [2.75, 3.05) is 13.1 Å². The molecule has 2 nitrogen and oxygen atoms in total. The highest BCUT2D eigenvalue weighted by Gasteiger charge is 2.30. The molecule has 0 aromatic heterocycles. The topological polar surface area (TPSA) is 20.3 Å². The van der Waals surface area contributed by atoms with Gasteiger partial charge in [-0.25, -0.2) is 0 Å². The minimum atomic E-state index is 0.199. The van der Waals surface area contributed by atoms with Crippen LogP contribution in [0.4, 0.5) is 0 Å². The molecule has 0 radical (unpaired) electrons. The summed E-state index contributed by atoms with van der Waals surface area (Å²) in [5, 5.41) is 0. The Hall–Kier alpha value is -0.790. The zero-order chi connectivity index (χ0) is 10.7. The Morgan fingerprint density at radius 1 is 1.13 bits per heavy atom. The fraction of sp³-hybridized carbons (Fsp3) is 0.769. The van der Waals surface area contributed by atoms with Crippen LogP contribution in [-0.4, -0.2) is 23.9 Å². The molecular weight excluding hydrogens is 186 g/mol. The van der Waals surface area contributed by atoms with Crippen LogP contribution in [0.2, 0.25) is 0 Å². The van der Waals surface area contributed by atoms with Gasteiger partial charge in [-0.05, 0) is 37.7 Å². The Morgan fingerprint density at radius 2 is 1.73 bits per heavy atom. The molecule has 0 atom stereocenters. The molecule has 0 aromatic carbocycles. The minimum Gasteiger partial charge on any atom is -0.339 e.